The summed E-state index contributed by atoms with van der Waals surface area (Å²) in [6.07, 6.45) is 5.93. The molecule has 0 aromatic carbocycles. The molecular weight excluding hydrogens is 238 g/mol. The number of nitrogens with zero attached hydrogens (tertiary/aromatic N) is 2. The van der Waals surface area contributed by atoms with Crippen molar-refractivity contribution in [3.63, 3.8) is 0 Å². The van der Waals surface area contributed by atoms with E-state index in [1.807, 2.05) is 6.92 Å². The molecule has 2 fully saturated rings. The molecule has 4 nitrogen and oxygen atoms in total. The first kappa shape index (κ1) is 14.8. The highest BCUT2D eigenvalue weighted by Gasteiger charge is 2.38. The Morgan fingerprint density at radius 3 is 2.58 bits per heavy atom. The second kappa shape index (κ2) is 6.21. The van der Waals surface area contributed by atoms with E-state index in [1.165, 1.54) is 25.7 Å². The summed E-state index contributed by atoms with van der Waals surface area (Å²) in [5.41, 5.74) is -0.388. The maximum Gasteiger partial charge on any atom is 0.105 e. The first-order valence-electron chi connectivity index (χ1n) is 7.51. The predicted octanol–water partition coefficient (Wildman–Crippen LogP) is 1.91. The van der Waals surface area contributed by atoms with Crippen LogP contribution in [0.5, 0.6) is 0 Å². The van der Waals surface area contributed by atoms with Crippen LogP contribution < -0.4 is 5.32 Å². The van der Waals surface area contributed by atoms with Crippen LogP contribution in [0.3, 0.4) is 0 Å². The average Bonchev–Trinajstić information content (AvgIpc) is 3.23. The summed E-state index contributed by atoms with van der Waals surface area (Å²) < 4.78 is 5.21. The van der Waals surface area contributed by atoms with Crippen molar-refractivity contribution in [2.24, 2.45) is 0 Å². The highest BCUT2D eigenvalue weighted by atomic mass is 16.5. The Hall–Kier alpha value is -0.630. The summed E-state index contributed by atoms with van der Waals surface area (Å²) in [6.45, 7) is 6.05. The van der Waals surface area contributed by atoms with E-state index in [4.69, 9.17) is 4.74 Å². The van der Waals surface area contributed by atoms with Gasteiger partial charge in [0.05, 0.1) is 12.7 Å². The molecule has 0 aliphatic heterocycles. The second-order valence-electron chi connectivity index (χ2n) is 6.38. The van der Waals surface area contributed by atoms with Gasteiger partial charge in [-0.25, -0.2) is 0 Å². The van der Waals surface area contributed by atoms with Gasteiger partial charge in [0, 0.05) is 31.8 Å². The fourth-order valence-electron chi connectivity index (χ4n) is 2.89. The minimum Gasteiger partial charge on any atom is -0.383 e. The molecule has 19 heavy (non-hydrogen) atoms. The molecule has 0 aromatic heterocycles. The summed E-state index contributed by atoms with van der Waals surface area (Å²) in [7, 11) is 1.75. The number of nitriles is 1. The minimum atomic E-state index is -0.388. The van der Waals surface area contributed by atoms with E-state index >= 15 is 0 Å². The third-order valence-corrected chi connectivity index (χ3v) is 4.19. The summed E-state index contributed by atoms with van der Waals surface area (Å²) in [6, 6.07) is 4.20. The molecule has 2 aliphatic carbocycles. The zero-order valence-electron chi connectivity index (χ0n) is 12.5. The van der Waals surface area contributed by atoms with Gasteiger partial charge in [0.1, 0.15) is 5.54 Å². The minimum absolute atomic E-state index is 0.388. The van der Waals surface area contributed by atoms with Crippen LogP contribution in [0.2, 0.25) is 0 Å². The molecule has 2 atom stereocenters. The average molecular weight is 265 g/mol. The lowest BCUT2D eigenvalue weighted by Crippen LogP contribution is -2.49. The van der Waals surface area contributed by atoms with Crippen LogP contribution in [0.1, 0.15) is 46.0 Å². The Kier molecular flexibility index (Phi) is 4.83. The highest BCUT2D eigenvalue weighted by molar-refractivity contribution is 5.09. The van der Waals surface area contributed by atoms with Gasteiger partial charge in [-0.05, 0) is 46.0 Å². The number of ether oxygens (including phenoxy) is 1. The maximum atomic E-state index is 9.47. The molecule has 2 saturated carbocycles. The molecule has 2 unspecified atom stereocenters. The maximum absolute atomic E-state index is 9.47. The van der Waals surface area contributed by atoms with E-state index in [-0.39, 0.29) is 5.54 Å². The molecule has 0 saturated heterocycles. The van der Waals surface area contributed by atoms with Gasteiger partial charge in [0.25, 0.3) is 0 Å². The molecule has 0 spiro atoms. The summed E-state index contributed by atoms with van der Waals surface area (Å²) >= 11 is 0. The van der Waals surface area contributed by atoms with Crippen molar-refractivity contribution in [3.8, 4) is 6.07 Å². The molecule has 2 aliphatic rings. The van der Waals surface area contributed by atoms with Crippen molar-refractivity contribution in [3.05, 3.63) is 0 Å². The monoisotopic (exact) mass is 265 g/mol. The van der Waals surface area contributed by atoms with E-state index in [2.05, 4.69) is 23.2 Å². The third kappa shape index (κ3) is 4.45. The molecule has 1 N–H and O–H groups in total. The van der Waals surface area contributed by atoms with Crippen molar-refractivity contribution in [1.29, 1.82) is 5.26 Å². The normalized spacial score (nSPS) is 23.9. The van der Waals surface area contributed by atoms with E-state index in [9.17, 15) is 5.26 Å². The van der Waals surface area contributed by atoms with Crippen LogP contribution in [0.4, 0.5) is 0 Å². The first-order valence-corrected chi connectivity index (χ1v) is 7.51. The van der Waals surface area contributed by atoms with Gasteiger partial charge >= 0.3 is 0 Å². The van der Waals surface area contributed by atoms with Gasteiger partial charge in [0.2, 0.25) is 0 Å². The Morgan fingerprint density at radius 2 is 2.11 bits per heavy atom. The molecule has 0 bridgehead atoms. The van der Waals surface area contributed by atoms with Gasteiger partial charge in [0.15, 0.2) is 0 Å². The van der Waals surface area contributed by atoms with E-state index in [0.717, 1.165) is 19.6 Å². The van der Waals surface area contributed by atoms with Crippen molar-refractivity contribution in [1.82, 2.24) is 10.2 Å². The SMILES string of the molecule is COCCN(C(C)CC(C)(C#N)NC1CC1)C1CC1. The first-order chi connectivity index (χ1) is 9.08. The Morgan fingerprint density at radius 1 is 1.42 bits per heavy atom. The number of rotatable bonds is 9. The molecular formula is C15H27N3O. The largest absolute Gasteiger partial charge is 0.383 e. The number of nitrogens with one attached hydrogen (secondary N) is 1. The second-order valence-corrected chi connectivity index (χ2v) is 6.38. The molecule has 0 heterocycles. The highest BCUT2D eigenvalue weighted by Crippen LogP contribution is 2.31. The Labute approximate surface area is 117 Å². The van der Waals surface area contributed by atoms with Gasteiger partial charge in [-0.1, -0.05) is 0 Å². The smallest absolute Gasteiger partial charge is 0.105 e. The Bertz CT molecular complexity index is 333. The van der Waals surface area contributed by atoms with Crippen LogP contribution in [-0.2, 0) is 4.74 Å². The van der Waals surface area contributed by atoms with E-state index < -0.39 is 0 Å². The lowest BCUT2D eigenvalue weighted by molar-refractivity contribution is 0.107. The van der Waals surface area contributed by atoms with Crippen LogP contribution in [0.25, 0.3) is 0 Å². The standard InChI is InChI=1S/C15H27N3O/c1-12(18(8-9-19-3)14-6-7-14)10-15(2,11-16)17-13-4-5-13/h12-14,17H,4-10H2,1-3H3. The summed E-state index contributed by atoms with van der Waals surface area (Å²) in [4.78, 5) is 2.52. The van der Waals surface area contributed by atoms with Crippen molar-refractivity contribution >= 4 is 0 Å². The molecule has 0 aromatic rings. The predicted molar refractivity (Wildman–Crippen MR) is 75.9 cm³/mol. The van der Waals surface area contributed by atoms with Crippen molar-refractivity contribution < 1.29 is 4.74 Å². The molecule has 108 valence electrons. The number of hydrogen-bond acceptors (Lipinski definition) is 4. The molecule has 2 rings (SSSR count). The van der Waals surface area contributed by atoms with Crippen LogP contribution in [0, 0.1) is 11.3 Å². The lowest BCUT2D eigenvalue weighted by atomic mass is 9.94. The zero-order valence-corrected chi connectivity index (χ0v) is 12.5. The van der Waals surface area contributed by atoms with Crippen LogP contribution >= 0.6 is 0 Å². The molecule has 4 heteroatoms. The quantitative estimate of drug-likeness (QED) is 0.692. The summed E-state index contributed by atoms with van der Waals surface area (Å²) in [5.74, 6) is 0. The topological polar surface area (TPSA) is 48.3 Å². The third-order valence-electron chi connectivity index (χ3n) is 4.19. The Balaban J connectivity index is 1.88. The van der Waals surface area contributed by atoms with E-state index in [0.29, 0.717) is 18.1 Å². The van der Waals surface area contributed by atoms with E-state index in [1.54, 1.807) is 7.11 Å². The summed E-state index contributed by atoms with van der Waals surface area (Å²) in [5, 5.41) is 13.0. The molecule has 0 radical (unpaired) electrons. The number of hydrogen-bond donors (Lipinski definition) is 1. The van der Waals surface area contributed by atoms with Crippen LogP contribution in [0.15, 0.2) is 0 Å². The van der Waals surface area contributed by atoms with Gasteiger partial charge in [-0.2, -0.15) is 5.26 Å². The fraction of sp³-hybridized carbons (Fsp3) is 0.933. The van der Waals surface area contributed by atoms with Gasteiger partial charge in [-0.15, -0.1) is 0 Å². The molecule has 0 amide bonds. The lowest BCUT2D eigenvalue weighted by Gasteiger charge is -2.34. The van der Waals surface area contributed by atoms with Gasteiger partial charge in [-0.3, -0.25) is 10.2 Å². The van der Waals surface area contributed by atoms with Gasteiger partial charge < -0.3 is 4.74 Å². The van der Waals surface area contributed by atoms with Crippen molar-refractivity contribution in [2.75, 3.05) is 20.3 Å². The number of methoxy groups -OCH3 is 1. The van der Waals surface area contributed by atoms with Crippen LogP contribution in [-0.4, -0.2) is 48.8 Å². The fourth-order valence-corrected chi connectivity index (χ4v) is 2.89. The zero-order chi connectivity index (χ0) is 13.9. The van der Waals surface area contributed by atoms with Crippen molar-refractivity contribution in [2.45, 2.75) is 69.6 Å².